The van der Waals surface area contributed by atoms with Crippen LogP contribution in [-0.2, 0) is 10.0 Å². The molecule has 1 aliphatic heterocycles. The van der Waals surface area contributed by atoms with Gasteiger partial charge in [0.2, 0.25) is 6.79 Å². The number of hydrogen-bond donors (Lipinski definition) is 1. The van der Waals surface area contributed by atoms with Crippen molar-refractivity contribution in [3.05, 3.63) is 52.5 Å². The van der Waals surface area contributed by atoms with Gasteiger partial charge in [-0.2, -0.15) is 13.5 Å². The van der Waals surface area contributed by atoms with Crippen LogP contribution in [0.15, 0.2) is 46.4 Å². The van der Waals surface area contributed by atoms with Crippen LogP contribution in [0.3, 0.4) is 0 Å². The highest BCUT2D eigenvalue weighted by Crippen LogP contribution is 2.36. The minimum absolute atomic E-state index is 0.131. The number of fused-ring (bicyclic) bond motifs is 1. The monoisotopic (exact) mass is 352 g/mol. The first-order valence-electron chi connectivity index (χ1n) is 6.66. The van der Waals surface area contributed by atoms with Crippen LogP contribution in [0.1, 0.15) is 11.1 Å². The molecule has 1 heterocycles. The minimum atomic E-state index is -3.72. The summed E-state index contributed by atoms with van der Waals surface area (Å²) in [4.78, 5) is 2.29. The van der Waals surface area contributed by atoms with Gasteiger partial charge in [0.1, 0.15) is 0 Å². The molecule has 120 valence electrons. The number of ether oxygens (including phenoxy) is 2. The van der Waals surface area contributed by atoms with Gasteiger partial charge in [-0.05, 0) is 25.1 Å². The molecule has 0 radical (unpaired) electrons. The minimum Gasteiger partial charge on any atom is -0.454 e. The molecule has 0 bridgehead atoms. The number of sulfonamides is 1. The number of hydrogen-bond acceptors (Lipinski definition) is 5. The molecule has 0 aliphatic carbocycles. The molecule has 2 aromatic rings. The van der Waals surface area contributed by atoms with E-state index >= 15 is 0 Å². The molecule has 3 rings (SSSR count). The number of hydrazone groups is 1. The van der Waals surface area contributed by atoms with E-state index in [2.05, 4.69) is 9.93 Å². The normalized spacial score (nSPS) is 13.5. The van der Waals surface area contributed by atoms with E-state index in [9.17, 15) is 8.42 Å². The lowest BCUT2D eigenvalue weighted by atomic mass is 10.2. The summed E-state index contributed by atoms with van der Waals surface area (Å²) >= 11 is 6.09. The Labute approximate surface area is 138 Å². The van der Waals surface area contributed by atoms with Crippen LogP contribution in [0.25, 0.3) is 0 Å². The lowest BCUT2D eigenvalue weighted by Crippen LogP contribution is -2.18. The first kappa shape index (κ1) is 15.6. The number of halogens is 1. The molecule has 0 spiro atoms. The van der Waals surface area contributed by atoms with Gasteiger partial charge >= 0.3 is 0 Å². The van der Waals surface area contributed by atoms with Crippen molar-refractivity contribution in [2.24, 2.45) is 5.10 Å². The van der Waals surface area contributed by atoms with Crippen molar-refractivity contribution in [3.8, 4) is 11.5 Å². The Morgan fingerprint density at radius 2 is 1.83 bits per heavy atom. The summed E-state index contributed by atoms with van der Waals surface area (Å²) in [6.45, 7) is 2.01. The molecule has 0 saturated heterocycles. The summed E-state index contributed by atoms with van der Waals surface area (Å²) in [5, 5.41) is 4.14. The highest BCUT2D eigenvalue weighted by Gasteiger charge is 2.16. The molecule has 6 nitrogen and oxygen atoms in total. The van der Waals surface area contributed by atoms with Crippen LogP contribution in [-0.4, -0.2) is 21.4 Å². The largest absolute Gasteiger partial charge is 0.454 e. The van der Waals surface area contributed by atoms with Gasteiger partial charge in [-0.25, -0.2) is 4.83 Å². The zero-order valence-electron chi connectivity index (χ0n) is 12.1. The maximum Gasteiger partial charge on any atom is 0.276 e. The summed E-state index contributed by atoms with van der Waals surface area (Å²) in [5.74, 6) is 1.09. The zero-order valence-corrected chi connectivity index (χ0v) is 13.7. The van der Waals surface area contributed by atoms with Crippen molar-refractivity contribution in [3.63, 3.8) is 0 Å². The van der Waals surface area contributed by atoms with E-state index in [1.807, 2.05) is 6.92 Å². The van der Waals surface area contributed by atoms with Gasteiger partial charge in [-0.3, -0.25) is 0 Å². The van der Waals surface area contributed by atoms with E-state index < -0.39 is 10.0 Å². The number of aryl methyl sites for hydroxylation is 1. The second-order valence-corrected chi connectivity index (χ2v) is 6.96. The van der Waals surface area contributed by atoms with Gasteiger partial charge in [0.15, 0.2) is 11.5 Å². The van der Waals surface area contributed by atoms with Gasteiger partial charge in [0.05, 0.1) is 16.1 Å². The third-order valence-electron chi connectivity index (χ3n) is 3.20. The van der Waals surface area contributed by atoms with Crippen molar-refractivity contribution in [2.45, 2.75) is 11.8 Å². The predicted molar refractivity (Wildman–Crippen MR) is 86.7 cm³/mol. The zero-order chi connectivity index (χ0) is 16.4. The Morgan fingerprint density at radius 3 is 2.52 bits per heavy atom. The van der Waals surface area contributed by atoms with Crippen molar-refractivity contribution in [1.29, 1.82) is 0 Å². The molecular formula is C15H13ClN2O4S. The van der Waals surface area contributed by atoms with E-state index in [1.54, 1.807) is 24.3 Å². The van der Waals surface area contributed by atoms with E-state index in [0.29, 0.717) is 22.1 Å². The molecule has 1 aliphatic rings. The van der Waals surface area contributed by atoms with Crippen LogP contribution >= 0.6 is 11.6 Å². The Morgan fingerprint density at radius 1 is 1.17 bits per heavy atom. The fraction of sp³-hybridized carbons (Fsp3) is 0.133. The quantitative estimate of drug-likeness (QED) is 0.678. The van der Waals surface area contributed by atoms with Crippen molar-refractivity contribution < 1.29 is 17.9 Å². The van der Waals surface area contributed by atoms with Crippen LogP contribution < -0.4 is 14.3 Å². The summed E-state index contributed by atoms with van der Waals surface area (Å²) in [6, 6.07) is 9.69. The summed E-state index contributed by atoms with van der Waals surface area (Å²) < 4.78 is 34.6. The molecular weight excluding hydrogens is 340 g/mol. The van der Waals surface area contributed by atoms with Crippen LogP contribution in [0.2, 0.25) is 5.02 Å². The Kier molecular flexibility index (Phi) is 4.14. The summed E-state index contributed by atoms with van der Waals surface area (Å²) in [5.41, 5.74) is 1.49. The topological polar surface area (TPSA) is 77.0 Å². The summed E-state index contributed by atoms with van der Waals surface area (Å²) in [6.07, 6.45) is 1.32. The lowest BCUT2D eigenvalue weighted by molar-refractivity contribution is 0.174. The van der Waals surface area contributed by atoms with Crippen molar-refractivity contribution >= 4 is 27.8 Å². The lowest BCUT2D eigenvalue weighted by Gasteiger charge is -2.04. The van der Waals surface area contributed by atoms with E-state index in [-0.39, 0.29) is 11.7 Å². The van der Waals surface area contributed by atoms with Crippen molar-refractivity contribution in [2.75, 3.05) is 6.79 Å². The van der Waals surface area contributed by atoms with Gasteiger partial charge in [-0.15, -0.1) is 0 Å². The Hall–Kier alpha value is -2.25. The van der Waals surface area contributed by atoms with Crippen LogP contribution in [0.4, 0.5) is 0 Å². The maximum absolute atomic E-state index is 12.1. The van der Waals surface area contributed by atoms with Crippen LogP contribution in [0.5, 0.6) is 11.5 Å². The summed E-state index contributed by atoms with van der Waals surface area (Å²) in [7, 11) is -3.72. The van der Waals surface area contributed by atoms with Gasteiger partial charge < -0.3 is 9.47 Å². The first-order chi connectivity index (χ1) is 11.0. The molecule has 0 saturated carbocycles. The average molecular weight is 353 g/mol. The predicted octanol–water partition coefficient (Wildman–Crippen LogP) is 2.69. The molecule has 2 aromatic carbocycles. The Bertz CT molecular complexity index is 864. The number of benzene rings is 2. The highest BCUT2D eigenvalue weighted by atomic mass is 35.5. The molecule has 23 heavy (non-hydrogen) atoms. The van der Waals surface area contributed by atoms with Gasteiger partial charge in [-0.1, -0.05) is 29.3 Å². The maximum atomic E-state index is 12.1. The first-order valence-corrected chi connectivity index (χ1v) is 8.52. The third kappa shape index (κ3) is 3.40. The molecule has 0 aromatic heterocycles. The van der Waals surface area contributed by atoms with Gasteiger partial charge in [0, 0.05) is 11.6 Å². The molecule has 0 atom stereocenters. The van der Waals surface area contributed by atoms with E-state index in [0.717, 1.165) is 5.56 Å². The SMILES string of the molecule is Cc1ccc(S(=O)(=O)N/N=C\c2cc3c(cc2Cl)OCO3)cc1. The second kappa shape index (κ2) is 6.10. The van der Waals surface area contributed by atoms with E-state index in [1.165, 1.54) is 18.3 Å². The fourth-order valence-corrected chi connectivity index (χ4v) is 2.96. The molecule has 1 N–H and O–H groups in total. The molecule has 0 amide bonds. The van der Waals surface area contributed by atoms with E-state index in [4.69, 9.17) is 21.1 Å². The van der Waals surface area contributed by atoms with Crippen LogP contribution in [0, 0.1) is 6.92 Å². The second-order valence-electron chi connectivity index (χ2n) is 4.89. The molecule has 8 heteroatoms. The average Bonchev–Trinajstić information content (AvgIpc) is 2.95. The smallest absolute Gasteiger partial charge is 0.276 e. The fourth-order valence-electron chi connectivity index (χ4n) is 1.97. The highest BCUT2D eigenvalue weighted by molar-refractivity contribution is 7.89. The molecule has 0 unspecified atom stereocenters. The standard InChI is InChI=1S/C15H13ClN2O4S/c1-10-2-4-12(5-3-10)23(19,20)18-17-8-11-6-14-15(7-13(11)16)22-9-21-14/h2-8,18H,9H2,1H3/b17-8-. The number of rotatable bonds is 4. The third-order valence-corrected chi connectivity index (χ3v) is 4.77. The Balaban J connectivity index is 1.77. The number of nitrogens with zero attached hydrogens (tertiary/aromatic N) is 1. The van der Waals surface area contributed by atoms with Gasteiger partial charge in [0.25, 0.3) is 10.0 Å². The number of nitrogens with one attached hydrogen (secondary N) is 1. The van der Waals surface area contributed by atoms with Crippen molar-refractivity contribution in [1.82, 2.24) is 4.83 Å². The molecule has 0 fully saturated rings.